The Kier molecular flexibility index (Phi) is 2.35. The molecule has 0 bridgehead atoms. The first-order chi connectivity index (χ1) is 4.81. The van der Waals surface area contributed by atoms with Crippen molar-refractivity contribution in [3.8, 4) is 0 Å². The third-order valence-electron chi connectivity index (χ3n) is 2.20. The molecule has 2 fully saturated rings. The molecule has 1 saturated carbocycles. The fourth-order valence-corrected chi connectivity index (χ4v) is 1.56. The van der Waals surface area contributed by atoms with Gasteiger partial charge in [-0.15, -0.1) is 0 Å². The molecular formula is C9H18O. The first-order valence-corrected chi connectivity index (χ1v) is 4.45. The van der Waals surface area contributed by atoms with E-state index < -0.39 is 0 Å². The Balaban J connectivity index is 0.000000231. The number of rotatable bonds is 0. The van der Waals surface area contributed by atoms with Crippen LogP contribution in [0.3, 0.4) is 0 Å². The summed E-state index contributed by atoms with van der Waals surface area (Å²) in [6.07, 6.45) is 3.99. The van der Waals surface area contributed by atoms with Crippen LogP contribution in [0.2, 0.25) is 0 Å². The van der Waals surface area contributed by atoms with Gasteiger partial charge in [-0.2, -0.15) is 0 Å². The lowest BCUT2D eigenvalue weighted by molar-refractivity contribution is 0.0880. The molecule has 1 spiro atoms. The standard InChI is InChI=1S/C7H12O.C2H6/c1-6-4-7(2-3-7)8-5-6;1-2/h6H,2-5H2,1H3;1-2H3. The molecular weight excluding hydrogens is 124 g/mol. The lowest BCUT2D eigenvalue weighted by atomic mass is 10.1. The zero-order valence-electron chi connectivity index (χ0n) is 7.31. The Labute approximate surface area is 63.8 Å². The Bertz CT molecular complexity index is 105. The second-order valence-electron chi connectivity index (χ2n) is 3.30. The van der Waals surface area contributed by atoms with Crippen LogP contribution in [-0.2, 0) is 4.74 Å². The first-order valence-electron chi connectivity index (χ1n) is 4.45. The molecule has 0 aromatic carbocycles. The van der Waals surface area contributed by atoms with Gasteiger partial charge in [0.1, 0.15) is 0 Å². The summed E-state index contributed by atoms with van der Waals surface area (Å²) < 4.78 is 5.56. The number of hydrogen-bond acceptors (Lipinski definition) is 1. The molecule has 1 heterocycles. The van der Waals surface area contributed by atoms with Crippen LogP contribution in [0.1, 0.15) is 40.0 Å². The topological polar surface area (TPSA) is 9.23 Å². The molecule has 0 aromatic rings. The van der Waals surface area contributed by atoms with Crippen molar-refractivity contribution in [3.63, 3.8) is 0 Å². The Hall–Kier alpha value is -0.0400. The summed E-state index contributed by atoms with van der Waals surface area (Å²) in [6.45, 7) is 7.28. The van der Waals surface area contributed by atoms with Crippen LogP contribution in [0.25, 0.3) is 0 Å². The van der Waals surface area contributed by atoms with Crippen molar-refractivity contribution in [2.75, 3.05) is 6.61 Å². The molecule has 0 aromatic heterocycles. The van der Waals surface area contributed by atoms with E-state index in [9.17, 15) is 0 Å². The van der Waals surface area contributed by atoms with Crippen LogP contribution >= 0.6 is 0 Å². The molecule has 60 valence electrons. The molecule has 0 amide bonds. The van der Waals surface area contributed by atoms with E-state index in [1.54, 1.807) is 0 Å². The van der Waals surface area contributed by atoms with Crippen molar-refractivity contribution in [2.24, 2.45) is 5.92 Å². The minimum absolute atomic E-state index is 0.416. The van der Waals surface area contributed by atoms with E-state index in [1.165, 1.54) is 19.3 Å². The molecule has 0 radical (unpaired) electrons. The highest BCUT2D eigenvalue weighted by molar-refractivity contribution is 4.99. The molecule has 2 rings (SSSR count). The van der Waals surface area contributed by atoms with Crippen molar-refractivity contribution in [1.29, 1.82) is 0 Å². The van der Waals surface area contributed by atoms with Crippen LogP contribution in [0.15, 0.2) is 0 Å². The van der Waals surface area contributed by atoms with Gasteiger partial charge in [-0.3, -0.25) is 0 Å². The van der Waals surface area contributed by atoms with Crippen molar-refractivity contribution in [1.82, 2.24) is 0 Å². The van der Waals surface area contributed by atoms with E-state index in [-0.39, 0.29) is 0 Å². The Morgan fingerprint density at radius 3 is 2.10 bits per heavy atom. The largest absolute Gasteiger partial charge is 0.375 e. The van der Waals surface area contributed by atoms with Gasteiger partial charge in [-0.1, -0.05) is 20.8 Å². The molecule has 1 unspecified atom stereocenters. The predicted octanol–water partition coefficient (Wildman–Crippen LogP) is 2.60. The minimum Gasteiger partial charge on any atom is -0.375 e. The third kappa shape index (κ3) is 1.51. The molecule has 1 nitrogen and oxygen atoms in total. The van der Waals surface area contributed by atoms with Crippen LogP contribution in [0.4, 0.5) is 0 Å². The average molecular weight is 142 g/mol. The number of ether oxygens (including phenoxy) is 1. The summed E-state index contributed by atoms with van der Waals surface area (Å²) in [6, 6.07) is 0. The molecule has 1 aliphatic carbocycles. The molecule has 1 atom stereocenters. The average Bonchev–Trinajstić information content (AvgIpc) is 2.60. The summed E-state index contributed by atoms with van der Waals surface area (Å²) in [5.74, 6) is 0.831. The van der Waals surface area contributed by atoms with Crippen LogP contribution in [-0.4, -0.2) is 12.2 Å². The van der Waals surface area contributed by atoms with E-state index in [2.05, 4.69) is 6.92 Å². The fourth-order valence-electron chi connectivity index (χ4n) is 1.56. The maximum Gasteiger partial charge on any atom is 0.0688 e. The van der Waals surface area contributed by atoms with Gasteiger partial charge in [0.15, 0.2) is 0 Å². The van der Waals surface area contributed by atoms with Crippen molar-refractivity contribution in [3.05, 3.63) is 0 Å². The second kappa shape index (κ2) is 2.91. The molecule has 2 aliphatic rings. The quantitative estimate of drug-likeness (QED) is 0.505. The highest BCUT2D eigenvalue weighted by Gasteiger charge is 2.48. The summed E-state index contributed by atoms with van der Waals surface area (Å²) in [5, 5.41) is 0. The predicted molar refractivity (Wildman–Crippen MR) is 43.0 cm³/mol. The maximum atomic E-state index is 5.56. The smallest absolute Gasteiger partial charge is 0.0688 e. The Morgan fingerprint density at radius 1 is 1.30 bits per heavy atom. The fraction of sp³-hybridized carbons (Fsp3) is 1.00. The van der Waals surface area contributed by atoms with E-state index in [0.717, 1.165) is 12.5 Å². The van der Waals surface area contributed by atoms with Crippen molar-refractivity contribution in [2.45, 2.75) is 45.6 Å². The van der Waals surface area contributed by atoms with Gasteiger partial charge < -0.3 is 4.74 Å². The highest BCUT2D eigenvalue weighted by atomic mass is 16.5. The molecule has 1 heteroatoms. The SMILES string of the molecule is CC.CC1COC2(CC2)C1. The Morgan fingerprint density at radius 2 is 1.90 bits per heavy atom. The second-order valence-corrected chi connectivity index (χ2v) is 3.30. The van der Waals surface area contributed by atoms with Gasteiger partial charge in [-0.05, 0) is 25.2 Å². The van der Waals surface area contributed by atoms with Crippen molar-refractivity contribution >= 4 is 0 Å². The monoisotopic (exact) mass is 142 g/mol. The summed E-state index contributed by atoms with van der Waals surface area (Å²) in [5.41, 5.74) is 0.416. The minimum atomic E-state index is 0.416. The van der Waals surface area contributed by atoms with E-state index in [0.29, 0.717) is 5.60 Å². The zero-order chi connectivity index (χ0) is 7.61. The van der Waals surface area contributed by atoms with Gasteiger partial charge >= 0.3 is 0 Å². The van der Waals surface area contributed by atoms with Crippen LogP contribution in [0, 0.1) is 5.92 Å². The lowest BCUT2D eigenvalue weighted by Gasteiger charge is -2.00. The van der Waals surface area contributed by atoms with Gasteiger partial charge in [-0.25, -0.2) is 0 Å². The normalized spacial score (nSPS) is 33.3. The number of hydrogen-bond donors (Lipinski definition) is 0. The third-order valence-corrected chi connectivity index (χ3v) is 2.20. The van der Waals surface area contributed by atoms with Gasteiger partial charge in [0.2, 0.25) is 0 Å². The van der Waals surface area contributed by atoms with Gasteiger partial charge in [0.25, 0.3) is 0 Å². The molecule has 10 heavy (non-hydrogen) atoms. The molecule has 1 aliphatic heterocycles. The van der Waals surface area contributed by atoms with Crippen LogP contribution in [0.5, 0.6) is 0 Å². The molecule has 1 saturated heterocycles. The van der Waals surface area contributed by atoms with E-state index in [1.807, 2.05) is 13.8 Å². The zero-order valence-corrected chi connectivity index (χ0v) is 7.31. The van der Waals surface area contributed by atoms with E-state index in [4.69, 9.17) is 4.74 Å². The maximum absolute atomic E-state index is 5.56. The lowest BCUT2D eigenvalue weighted by Crippen LogP contribution is -2.02. The highest BCUT2D eigenvalue weighted by Crippen LogP contribution is 2.48. The van der Waals surface area contributed by atoms with Gasteiger partial charge in [0.05, 0.1) is 5.60 Å². The summed E-state index contributed by atoms with van der Waals surface area (Å²) in [7, 11) is 0. The first kappa shape index (κ1) is 8.06. The molecule has 0 N–H and O–H groups in total. The van der Waals surface area contributed by atoms with Gasteiger partial charge in [0, 0.05) is 6.61 Å². The summed E-state index contributed by atoms with van der Waals surface area (Å²) >= 11 is 0. The summed E-state index contributed by atoms with van der Waals surface area (Å²) in [4.78, 5) is 0. The van der Waals surface area contributed by atoms with Crippen LogP contribution < -0.4 is 0 Å². The van der Waals surface area contributed by atoms with E-state index >= 15 is 0 Å². The van der Waals surface area contributed by atoms with Crippen molar-refractivity contribution < 1.29 is 4.74 Å².